The Morgan fingerprint density at radius 2 is 2.00 bits per heavy atom. The van der Waals surface area contributed by atoms with Gasteiger partial charge in [-0.15, -0.1) is 0 Å². The lowest BCUT2D eigenvalue weighted by Crippen LogP contribution is -2.26. The van der Waals surface area contributed by atoms with E-state index < -0.39 is 0 Å². The fourth-order valence-corrected chi connectivity index (χ4v) is 3.34. The fraction of sp³-hybridized carbons (Fsp3) is 0.750. The standard InChI is InChI=1S/C12H24N4OS2/c1-9(13)5-18-8-12-3-11(15-16(12)2)7-19-6-10(14)4-17/h3,9-10,17H,4-8,13-14H2,1-2H3. The lowest BCUT2D eigenvalue weighted by atomic mass is 10.4. The molecule has 110 valence electrons. The minimum absolute atomic E-state index is 0.0361. The Balaban J connectivity index is 2.36. The molecule has 0 aliphatic rings. The first kappa shape index (κ1) is 16.8. The molecule has 5 nitrogen and oxygen atoms in total. The van der Waals surface area contributed by atoms with Crippen LogP contribution in [-0.4, -0.2) is 45.1 Å². The lowest BCUT2D eigenvalue weighted by Gasteiger charge is -2.05. The first-order valence-electron chi connectivity index (χ1n) is 6.32. The molecule has 2 atom stereocenters. The van der Waals surface area contributed by atoms with E-state index >= 15 is 0 Å². The van der Waals surface area contributed by atoms with Crippen LogP contribution in [0.15, 0.2) is 6.07 Å². The maximum atomic E-state index is 8.85. The second kappa shape index (κ2) is 8.86. The molecule has 1 aromatic rings. The van der Waals surface area contributed by atoms with Gasteiger partial charge in [-0.25, -0.2) is 0 Å². The smallest absolute Gasteiger partial charge is 0.0726 e. The number of rotatable bonds is 9. The molecule has 0 aliphatic heterocycles. The van der Waals surface area contributed by atoms with Crippen LogP contribution in [0.5, 0.6) is 0 Å². The largest absolute Gasteiger partial charge is 0.395 e. The number of nitrogens with zero attached hydrogens (tertiary/aromatic N) is 2. The molecule has 0 aliphatic carbocycles. The van der Waals surface area contributed by atoms with Gasteiger partial charge in [-0.3, -0.25) is 4.68 Å². The minimum atomic E-state index is -0.144. The quantitative estimate of drug-likeness (QED) is 0.617. The van der Waals surface area contributed by atoms with Crippen molar-refractivity contribution in [1.82, 2.24) is 9.78 Å². The van der Waals surface area contributed by atoms with E-state index in [1.165, 1.54) is 5.69 Å². The van der Waals surface area contributed by atoms with Crippen molar-refractivity contribution < 1.29 is 5.11 Å². The molecule has 0 amide bonds. The number of hydrogen-bond acceptors (Lipinski definition) is 6. The van der Waals surface area contributed by atoms with Crippen LogP contribution >= 0.6 is 23.5 Å². The summed E-state index contributed by atoms with van der Waals surface area (Å²) in [4.78, 5) is 0. The van der Waals surface area contributed by atoms with E-state index in [0.29, 0.717) is 0 Å². The third-order valence-corrected chi connectivity index (χ3v) is 4.90. The summed E-state index contributed by atoms with van der Waals surface area (Å²) < 4.78 is 1.93. The summed E-state index contributed by atoms with van der Waals surface area (Å²) in [5.41, 5.74) is 13.7. The molecule has 1 rings (SSSR count). The van der Waals surface area contributed by atoms with Gasteiger partial charge in [0.25, 0.3) is 0 Å². The molecule has 0 aromatic carbocycles. The second-order valence-corrected chi connectivity index (χ2v) is 6.76. The number of aliphatic hydroxyl groups excluding tert-OH is 1. The van der Waals surface area contributed by atoms with Crippen molar-refractivity contribution in [3.05, 3.63) is 17.5 Å². The SMILES string of the molecule is CC(N)CSCc1cc(CSCC(N)CO)nn1C. The molecule has 0 saturated carbocycles. The molecule has 0 radical (unpaired) electrons. The summed E-state index contributed by atoms with van der Waals surface area (Å²) in [6.45, 7) is 2.05. The normalized spacial score (nSPS) is 14.6. The molecule has 0 bridgehead atoms. The van der Waals surface area contributed by atoms with E-state index in [1.807, 2.05) is 30.4 Å². The predicted octanol–water partition coefficient (Wildman–Crippen LogP) is 0.553. The lowest BCUT2D eigenvalue weighted by molar-refractivity contribution is 0.275. The predicted molar refractivity (Wildman–Crippen MR) is 84.2 cm³/mol. The molecule has 19 heavy (non-hydrogen) atoms. The van der Waals surface area contributed by atoms with Gasteiger partial charge in [-0.2, -0.15) is 28.6 Å². The van der Waals surface area contributed by atoms with Crippen molar-refractivity contribution in [3.8, 4) is 0 Å². The Kier molecular flexibility index (Phi) is 7.86. The van der Waals surface area contributed by atoms with E-state index in [2.05, 4.69) is 11.2 Å². The van der Waals surface area contributed by atoms with Gasteiger partial charge in [0.05, 0.1) is 12.3 Å². The molecule has 0 spiro atoms. The van der Waals surface area contributed by atoms with Gasteiger partial charge in [0.1, 0.15) is 0 Å². The zero-order valence-corrected chi connectivity index (χ0v) is 13.2. The third-order valence-electron chi connectivity index (χ3n) is 2.47. The summed E-state index contributed by atoms with van der Waals surface area (Å²) >= 11 is 3.53. The van der Waals surface area contributed by atoms with Crippen LogP contribution in [0.4, 0.5) is 0 Å². The number of hydrogen-bond donors (Lipinski definition) is 3. The Bertz CT molecular complexity index is 371. The summed E-state index contributed by atoms with van der Waals surface area (Å²) in [5, 5.41) is 13.3. The van der Waals surface area contributed by atoms with Gasteiger partial charge in [-0.1, -0.05) is 0 Å². The number of nitrogens with two attached hydrogens (primary N) is 2. The van der Waals surface area contributed by atoms with Crippen molar-refractivity contribution in [1.29, 1.82) is 0 Å². The number of aliphatic hydroxyl groups is 1. The Hall–Kier alpha value is -0.210. The summed E-state index contributed by atoms with van der Waals surface area (Å²) in [5.74, 6) is 3.48. The van der Waals surface area contributed by atoms with Crippen LogP contribution in [0.1, 0.15) is 18.3 Å². The zero-order valence-electron chi connectivity index (χ0n) is 11.6. The topological polar surface area (TPSA) is 90.1 Å². The van der Waals surface area contributed by atoms with Crippen molar-refractivity contribution in [2.24, 2.45) is 18.5 Å². The van der Waals surface area contributed by atoms with Crippen molar-refractivity contribution in [2.75, 3.05) is 18.1 Å². The van der Waals surface area contributed by atoms with Crippen molar-refractivity contribution in [3.63, 3.8) is 0 Å². The molecule has 1 heterocycles. The second-order valence-electron chi connectivity index (χ2n) is 4.70. The molecule has 0 fully saturated rings. The monoisotopic (exact) mass is 304 g/mol. The maximum absolute atomic E-state index is 8.85. The molecule has 5 N–H and O–H groups in total. The van der Waals surface area contributed by atoms with Crippen LogP contribution in [-0.2, 0) is 18.6 Å². The van der Waals surface area contributed by atoms with Crippen molar-refractivity contribution in [2.45, 2.75) is 30.5 Å². The first-order valence-corrected chi connectivity index (χ1v) is 8.63. The summed E-state index contributed by atoms with van der Waals surface area (Å²) in [6, 6.07) is 2.22. The molecule has 7 heteroatoms. The third kappa shape index (κ3) is 6.67. The van der Waals surface area contributed by atoms with Gasteiger partial charge in [0.15, 0.2) is 0 Å². The van der Waals surface area contributed by atoms with Crippen LogP contribution < -0.4 is 11.5 Å². The summed E-state index contributed by atoms with van der Waals surface area (Å²) in [6.07, 6.45) is 0. The van der Waals surface area contributed by atoms with Gasteiger partial charge >= 0.3 is 0 Å². The van der Waals surface area contributed by atoms with E-state index in [0.717, 1.165) is 28.7 Å². The van der Waals surface area contributed by atoms with Crippen LogP contribution in [0.2, 0.25) is 0 Å². The molecule has 0 saturated heterocycles. The Morgan fingerprint density at radius 3 is 2.63 bits per heavy atom. The molecule has 1 aromatic heterocycles. The maximum Gasteiger partial charge on any atom is 0.0726 e. The van der Waals surface area contributed by atoms with Gasteiger partial charge in [0, 0.05) is 47.8 Å². The number of thioether (sulfide) groups is 2. The minimum Gasteiger partial charge on any atom is -0.395 e. The highest BCUT2D eigenvalue weighted by Crippen LogP contribution is 2.17. The van der Waals surface area contributed by atoms with E-state index in [1.54, 1.807) is 11.8 Å². The average molecular weight is 304 g/mol. The van der Waals surface area contributed by atoms with Crippen LogP contribution in [0.3, 0.4) is 0 Å². The van der Waals surface area contributed by atoms with Crippen molar-refractivity contribution >= 4 is 23.5 Å². The zero-order chi connectivity index (χ0) is 14.3. The van der Waals surface area contributed by atoms with Gasteiger partial charge < -0.3 is 16.6 Å². The Morgan fingerprint density at radius 1 is 1.32 bits per heavy atom. The first-order chi connectivity index (χ1) is 9.02. The fourth-order valence-electron chi connectivity index (χ4n) is 1.49. The highest BCUT2D eigenvalue weighted by Gasteiger charge is 2.07. The van der Waals surface area contributed by atoms with Crippen LogP contribution in [0.25, 0.3) is 0 Å². The van der Waals surface area contributed by atoms with Gasteiger partial charge in [-0.05, 0) is 13.0 Å². The average Bonchev–Trinajstić information content (AvgIpc) is 2.69. The molecular formula is C12H24N4OS2. The number of aromatic nitrogens is 2. The van der Waals surface area contributed by atoms with E-state index in [9.17, 15) is 0 Å². The van der Waals surface area contributed by atoms with Crippen LogP contribution in [0, 0.1) is 0 Å². The molecular weight excluding hydrogens is 280 g/mol. The van der Waals surface area contributed by atoms with Gasteiger partial charge in [0.2, 0.25) is 0 Å². The summed E-state index contributed by atoms with van der Waals surface area (Å²) in [7, 11) is 1.97. The molecule has 2 unspecified atom stereocenters. The Labute approximate surface area is 123 Å². The highest BCUT2D eigenvalue weighted by molar-refractivity contribution is 7.98. The van der Waals surface area contributed by atoms with E-state index in [-0.39, 0.29) is 18.7 Å². The van der Waals surface area contributed by atoms with E-state index in [4.69, 9.17) is 16.6 Å². The number of aryl methyl sites for hydroxylation is 1. The highest BCUT2D eigenvalue weighted by atomic mass is 32.2.